The molecule has 72 valence electrons. The second kappa shape index (κ2) is 5.04. The van der Waals surface area contributed by atoms with Crippen molar-refractivity contribution in [1.29, 1.82) is 0 Å². The van der Waals surface area contributed by atoms with E-state index in [1.807, 2.05) is 0 Å². The molecule has 0 aliphatic heterocycles. The van der Waals surface area contributed by atoms with Crippen LogP contribution < -0.4 is 5.73 Å². The van der Waals surface area contributed by atoms with Gasteiger partial charge in [-0.2, -0.15) is 0 Å². The maximum Gasteiger partial charge on any atom is 0.148 e. The molecular formula is C11H17NO. The molecule has 0 aromatic carbocycles. The summed E-state index contributed by atoms with van der Waals surface area (Å²) in [5.41, 5.74) is 5.62. The molecule has 0 bridgehead atoms. The molecule has 0 spiro atoms. The Bertz CT molecular complexity index is 217. The number of hydrogen-bond donors (Lipinski definition) is 1. The van der Waals surface area contributed by atoms with Gasteiger partial charge in [-0.25, -0.2) is 0 Å². The first-order valence-corrected chi connectivity index (χ1v) is 4.95. The van der Waals surface area contributed by atoms with Gasteiger partial charge in [-0.3, -0.25) is 4.79 Å². The van der Waals surface area contributed by atoms with Gasteiger partial charge in [-0.05, 0) is 25.3 Å². The van der Waals surface area contributed by atoms with Crippen molar-refractivity contribution < 1.29 is 4.79 Å². The van der Waals surface area contributed by atoms with Crippen LogP contribution in [0, 0.1) is 24.2 Å². The molecule has 1 aliphatic carbocycles. The molecule has 2 nitrogen and oxygen atoms in total. The fourth-order valence-corrected chi connectivity index (χ4v) is 2.15. The molecule has 0 aromatic rings. The molecule has 0 amide bonds. The summed E-state index contributed by atoms with van der Waals surface area (Å²) in [6.45, 7) is 0.626. The van der Waals surface area contributed by atoms with E-state index in [1.54, 1.807) is 0 Å². The Labute approximate surface area is 79.9 Å². The summed E-state index contributed by atoms with van der Waals surface area (Å²) < 4.78 is 0. The second-order valence-corrected chi connectivity index (χ2v) is 3.73. The van der Waals surface area contributed by atoms with Gasteiger partial charge in [-0.1, -0.05) is 18.8 Å². The summed E-state index contributed by atoms with van der Waals surface area (Å²) in [7, 11) is 0. The lowest BCUT2D eigenvalue weighted by Crippen LogP contribution is -2.32. The molecule has 0 radical (unpaired) electrons. The van der Waals surface area contributed by atoms with Crippen molar-refractivity contribution in [3.05, 3.63) is 0 Å². The Kier molecular flexibility index (Phi) is 3.98. The quantitative estimate of drug-likeness (QED) is 0.664. The Morgan fingerprint density at radius 2 is 2.15 bits per heavy atom. The molecule has 1 aliphatic rings. The van der Waals surface area contributed by atoms with E-state index in [9.17, 15) is 4.79 Å². The fourth-order valence-electron chi connectivity index (χ4n) is 2.15. The number of Topliss-reactive ketones (excluding diaryl/α,β-unsaturated/α-hetero) is 1. The third kappa shape index (κ3) is 2.57. The molecule has 2 N–H and O–H groups in total. The maximum atomic E-state index is 11.6. The number of carbonyl (C=O) groups is 1. The Balaban J connectivity index is 2.54. The van der Waals surface area contributed by atoms with E-state index in [0.29, 0.717) is 12.5 Å². The average Bonchev–Trinajstić information content (AvgIpc) is 2.18. The zero-order valence-electron chi connectivity index (χ0n) is 7.96. The van der Waals surface area contributed by atoms with Crippen LogP contribution in [-0.4, -0.2) is 12.3 Å². The third-order valence-electron chi connectivity index (χ3n) is 2.90. The van der Waals surface area contributed by atoms with Crippen LogP contribution in [-0.2, 0) is 4.79 Å². The van der Waals surface area contributed by atoms with Crippen molar-refractivity contribution >= 4 is 5.78 Å². The third-order valence-corrected chi connectivity index (χ3v) is 2.90. The molecule has 13 heavy (non-hydrogen) atoms. The Morgan fingerprint density at radius 1 is 1.46 bits per heavy atom. The molecule has 2 atom stereocenters. The summed E-state index contributed by atoms with van der Waals surface area (Å²) in [6.07, 6.45) is 9.84. The molecule has 0 saturated heterocycles. The minimum atomic E-state index is 0.148. The van der Waals surface area contributed by atoms with E-state index < -0.39 is 0 Å². The highest BCUT2D eigenvalue weighted by molar-refractivity contribution is 5.83. The van der Waals surface area contributed by atoms with Crippen LogP contribution in [0.2, 0.25) is 0 Å². The highest BCUT2D eigenvalue weighted by Gasteiger charge is 2.28. The number of carbonyl (C=O) groups excluding carboxylic acids is 1. The standard InChI is InChI=1S/C11H17NO/c1-2-5-11(13)10-7-4-3-6-9(10)8-12/h1,9-10H,3-8,12H2. The van der Waals surface area contributed by atoms with E-state index in [2.05, 4.69) is 5.92 Å². The number of rotatable bonds is 3. The predicted molar refractivity (Wildman–Crippen MR) is 53.0 cm³/mol. The van der Waals surface area contributed by atoms with E-state index in [-0.39, 0.29) is 18.1 Å². The van der Waals surface area contributed by atoms with Gasteiger partial charge in [-0.15, -0.1) is 6.42 Å². The van der Waals surface area contributed by atoms with E-state index in [4.69, 9.17) is 12.2 Å². The van der Waals surface area contributed by atoms with Gasteiger partial charge < -0.3 is 5.73 Å². The van der Waals surface area contributed by atoms with Crippen molar-refractivity contribution in [2.24, 2.45) is 17.6 Å². The average molecular weight is 179 g/mol. The van der Waals surface area contributed by atoms with Crippen LogP contribution >= 0.6 is 0 Å². The van der Waals surface area contributed by atoms with Crippen molar-refractivity contribution in [3.63, 3.8) is 0 Å². The SMILES string of the molecule is C#CCC(=O)C1CCCCC1CN. The molecule has 0 heterocycles. The van der Waals surface area contributed by atoms with E-state index >= 15 is 0 Å². The zero-order valence-corrected chi connectivity index (χ0v) is 7.96. The topological polar surface area (TPSA) is 43.1 Å². The molecule has 1 fully saturated rings. The summed E-state index contributed by atoms with van der Waals surface area (Å²) in [6, 6.07) is 0. The van der Waals surface area contributed by atoms with Crippen LogP contribution in [0.1, 0.15) is 32.1 Å². The van der Waals surface area contributed by atoms with Crippen LogP contribution in [0.15, 0.2) is 0 Å². The van der Waals surface area contributed by atoms with E-state index in [1.165, 1.54) is 6.42 Å². The number of terminal acetylenes is 1. The maximum absolute atomic E-state index is 11.6. The summed E-state index contributed by atoms with van der Waals surface area (Å²) >= 11 is 0. The summed E-state index contributed by atoms with van der Waals surface area (Å²) in [5.74, 6) is 3.17. The lowest BCUT2D eigenvalue weighted by Gasteiger charge is -2.28. The van der Waals surface area contributed by atoms with Crippen molar-refractivity contribution in [2.45, 2.75) is 32.1 Å². The molecule has 1 saturated carbocycles. The first-order chi connectivity index (χ1) is 6.29. The van der Waals surface area contributed by atoms with Crippen LogP contribution in [0.3, 0.4) is 0 Å². The summed E-state index contributed by atoms with van der Waals surface area (Å²) in [5, 5.41) is 0. The zero-order chi connectivity index (χ0) is 9.68. The van der Waals surface area contributed by atoms with Crippen LogP contribution in [0.5, 0.6) is 0 Å². The molecular weight excluding hydrogens is 162 g/mol. The van der Waals surface area contributed by atoms with Gasteiger partial charge in [0.1, 0.15) is 5.78 Å². The van der Waals surface area contributed by atoms with Gasteiger partial charge in [0.25, 0.3) is 0 Å². The van der Waals surface area contributed by atoms with Crippen LogP contribution in [0.25, 0.3) is 0 Å². The van der Waals surface area contributed by atoms with Gasteiger partial charge >= 0.3 is 0 Å². The number of ketones is 1. The molecule has 1 rings (SSSR count). The van der Waals surface area contributed by atoms with Crippen molar-refractivity contribution in [2.75, 3.05) is 6.54 Å². The first kappa shape index (κ1) is 10.3. The van der Waals surface area contributed by atoms with Gasteiger partial charge in [0.15, 0.2) is 0 Å². The number of nitrogens with two attached hydrogens (primary N) is 1. The van der Waals surface area contributed by atoms with Crippen molar-refractivity contribution in [1.82, 2.24) is 0 Å². The molecule has 0 aromatic heterocycles. The second-order valence-electron chi connectivity index (χ2n) is 3.73. The lowest BCUT2D eigenvalue weighted by atomic mass is 9.76. The van der Waals surface area contributed by atoms with Gasteiger partial charge in [0.2, 0.25) is 0 Å². The fraction of sp³-hybridized carbons (Fsp3) is 0.727. The van der Waals surface area contributed by atoms with Gasteiger partial charge in [0, 0.05) is 5.92 Å². The molecule has 2 unspecified atom stereocenters. The number of hydrogen-bond acceptors (Lipinski definition) is 2. The van der Waals surface area contributed by atoms with Crippen LogP contribution in [0.4, 0.5) is 0 Å². The lowest BCUT2D eigenvalue weighted by molar-refractivity contribution is -0.124. The highest BCUT2D eigenvalue weighted by atomic mass is 16.1. The normalized spacial score (nSPS) is 28.0. The molecule has 2 heteroatoms. The minimum Gasteiger partial charge on any atom is -0.330 e. The monoisotopic (exact) mass is 179 g/mol. The van der Waals surface area contributed by atoms with Crippen molar-refractivity contribution in [3.8, 4) is 12.3 Å². The highest BCUT2D eigenvalue weighted by Crippen LogP contribution is 2.30. The Hall–Kier alpha value is -0.810. The first-order valence-electron chi connectivity index (χ1n) is 4.95. The largest absolute Gasteiger partial charge is 0.330 e. The Morgan fingerprint density at radius 3 is 2.77 bits per heavy atom. The van der Waals surface area contributed by atoms with Gasteiger partial charge in [0.05, 0.1) is 6.42 Å². The minimum absolute atomic E-state index is 0.148. The predicted octanol–water partition coefficient (Wildman–Crippen LogP) is 1.34. The smallest absolute Gasteiger partial charge is 0.148 e. The van der Waals surface area contributed by atoms with E-state index in [0.717, 1.165) is 19.3 Å². The summed E-state index contributed by atoms with van der Waals surface area (Å²) in [4.78, 5) is 11.6.